The van der Waals surface area contributed by atoms with E-state index >= 15 is 0 Å². The van der Waals surface area contributed by atoms with E-state index in [1.54, 1.807) is 0 Å². The van der Waals surface area contributed by atoms with E-state index < -0.39 is 0 Å². The summed E-state index contributed by atoms with van der Waals surface area (Å²) in [6.45, 7) is 4.84. The molecule has 2 fully saturated rings. The van der Waals surface area contributed by atoms with Crippen molar-refractivity contribution in [3.63, 3.8) is 0 Å². The van der Waals surface area contributed by atoms with Gasteiger partial charge < -0.3 is 10.2 Å². The number of benzene rings is 1. The van der Waals surface area contributed by atoms with Crippen molar-refractivity contribution in [1.29, 1.82) is 0 Å². The molecule has 2 heterocycles. The average molecular weight is 267 g/mol. The Balaban J connectivity index is 1.79. The lowest BCUT2D eigenvalue weighted by molar-refractivity contribution is 0.200. The molecule has 2 aliphatic heterocycles. The Bertz CT molecular complexity index is 374. The molecule has 3 rings (SSSR count). The summed E-state index contributed by atoms with van der Waals surface area (Å²) in [5.74, 6) is 0. The van der Waals surface area contributed by atoms with Crippen molar-refractivity contribution >= 4 is 21.6 Å². The normalized spacial score (nSPS) is 23.1. The van der Waals surface area contributed by atoms with Gasteiger partial charge in [0, 0.05) is 41.8 Å². The minimum Gasteiger partial charge on any atom is -0.371 e. The Morgan fingerprint density at radius 2 is 2.20 bits per heavy atom. The first kappa shape index (κ1) is 9.67. The Kier molecular flexibility index (Phi) is 2.25. The summed E-state index contributed by atoms with van der Waals surface area (Å²) in [5.41, 5.74) is 1.94. The lowest BCUT2D eigenvalue weighted by atomic mass is 9.81. The minimum atomic E-state index is 0.586. The first-order chi connectivity index (χ1) is 7.27. The molecule has 0 amide bonds. The molecule has 1 spiro atoms. The van der Waals surface area contributed by atoms with Crippen molar-refractivity contribution in [2.75, 3.05) is 31.1 Å². The molecule has 0 aromatic heterocycles. The summed E-state index contributed by atoms with van der Waals surface area (Å²) in [4.78, 5) is 2.51. The highest BCUT2D eigenvalue weighted by Gasteiger charge is 2.42. The summed E-state index contributed by atoms with van der Waals surface area (Å²) >= 11 is 3.53. The quantitative estimate of drug-likeness (QED) is 0.839. The van der Waals surface area contributed by atoms with Crippen LogP contribution in [0, 0.1) is 5.41 Å². The van der Waals surface area contributed by atoms with Crippen LogP contribution in [0.3, 0.4) is 0 Å². The zero-order valence-electron chi connectivity index (χ0n) is 8.67. The summed E-state index contributed by atoms with van der Waals surface area (Å²) in [7, 11) is 0. The molecule has 0 bridgehead atoms. The molecule has 2 aliphatic rings. The zero-order chi connectivity index (χ0) is 10.3. The summed E-state index contributed by atoms with van der Waals surface area (Å²) in [6.07, 6.45) is 1.34. The van der Waals surface area contributed by atoms with Crippen LogP contribution in [0.5, 0.6) is 0 Å². The second-order valence-electron chi connectivity index (χ2n) is 4.75. The van der Waals surface area contributed by atoms with Gasteiger partial charge in [-0.3, -0.25) is 0 Å². The Morgan fingerprint density at radius 3 is 2.80 bits per heavy atom. The van der Waals surface area contributed by atoms with Gasteiger partial charge in [-0.05, 0) is 24.6 Å². The Hall–Kier alpha value is -0.540. The molecule has 80 valence electrons. The molecule has 1 N–H and O–H groups in total. The van der Waals surface area contributed by atoms with Gasteiger partial charge in [-0.15, -0.1) is 0 Å². The van der Waals surface area contributed by atoms with E-state index in [9.17, 15) is 0 Å². The molecule has 0 atom stereocenters. The Morgan fingerprint density at radius 1 is 1.33 bits per heavy atom. The van der Waals surface area contributed by atoms with E-state index in [4.69, 9.17) is 0 Å². The maximum atomic E-state index is 3.53. The lowest BCUT2D eigenvalue weighted by Gasteiger charge is -2.39. The van der Waals surface area contributed by atoms with Gasteiger partial charge in [0.15, 0.2) is 0 Å². The number of halogens is 1. The van der Waals surface area contributed by atoms with E-state index in [0.717, 1.165) is 0 Å². The third kappa shape index (κ3) is 1.68. The summed E-state index contributed by atoms with van der Waals surface area (Å²) in [6, 6.07) is 8.62. The van der Waals surface area contributed by atoms with Gasteiger partial charge >= 0.3 is 0 Å². The molecule has 1 aromatic carbocycles. The van der Waals surface area contributed by atoms with Crippen molar-refractivity contribution in [3.8, 4) is 0 Å². The van der Waals surface area contributed by atoms with E-state index in [1.807, 2.05) is 0 Å². The fraction of sp³-hybridized carbons (Fsp3) is 0.500. The molecular weight excluding hydrogens is 252 g/mol. The zero-order valence-corrected chi connectivity index (χ0v) is 10.3. The van der Waals surface area contributed by atoms with E-state index in [2.05, 4.69) is 50.4 Å². The highest BCUT2D eigenvalue weighted by Crippen LogP contribution is 2.36. The number of anilines is 1. The topological polar surface area (TPSA) is 15.3 Å². The van der Waals surface area contributed by atoms with Gasteiger partial charge in [-0.2, -0.15) is 0 Å². The van der Waals surface area contributed by atoms with Crippen molar-refractivity contribution in [3.05, 3.63) is 28.7 Å². The SMILES string of the molecule is Brc1cccc(N2CCC3(CNC3)C2)c1. The van der Waals surface area contributed by atoms with Gasteiger partial charge in [0.05, 0.1) is 0 Å². The van der Waals surface area contributed by atoms with Gasteiger partial charge in [0.2, 0.25) is 0 Å². The second kappa shape index (κ2) is 3.49. The van der Waals surface area contributed by atoms with Crippen molar-refractivity contribution in [2.45, 2.75) is 6.42 Å². The minimum absolute atomic E-state index is 0.586. The molecule has 15 heavy (non-hydrogen) atoms. The molecule has 1 aromatic rings. The molecule has 2 nitrogen and oxygen atoms in total. The summed E-state index contributed by atoms with van der Waals surface area (Å²) in [5, 5.41) is 3.39. The third-order valence-corrected chi connectivity index (χ3v) is 4.10. The van der Waals surface area contributed by atoms with Crippen molar-refractivity contribution < 1.29 is 0 Å². The average Bonchev–Trinajstić information content (AvgIpc) is 2.62. The largest absolute Gasteiger partial charge is 0.371 e. The molecule has 0 radical (unpaired) electrons. The number of hydrogen-bond donors (Lipinski definition) is 1. The van der Waals surface area contributed by atoms with Crippen LogP contribution in [-0.4, -0.2) is 26.2 Å². The first-order valence-corrected chi connectivity index (χ1v) is 6.28. The van der Waals surface area contributed by atoms with Crippen LogP contribution in [-0.2, 0) is 0 Å². The smallest absolute Gasteiger partial charge is 0.0377 e. The predicted octanol–water partition coefficient (Wildman–Crippen LogP) is 2.25. The first-order valence-electron chi connectivity index (χ1n) is 5.49. The molecule has 2 saturated heterocycles. The maximum absolute atomic E-state index is 3.53. The number of rotatable bonds is 1. The van der Waals surface area contributed by atoms with Gasteiger partial charge in [0.25, 0.3) is 0 Å². The van der Waals surface area contributed by atoms with Crippen LogP contribution in [0.1, 0.15) is 6.42 Å². The van der Waals surface area contributed by atoms with Gasteiger partial charge in [-0.1, -0.05) is 22.0 Å². The van der Waals surface area contributed by atoms with Crippen LogP contribution in [0.25, 0.3) is 0 Å². The van der Waals surface area contributed by atoms with Crippen LogP contribution < -0.4 is 10.2 Å². The van der Waals surface area contributed by atoms with Crippen molar-refractivity contribution in [1.82, 2.24) is 5.32 Å². The highest BCUT2D eigenvalue weighted by molar-refractivity contribution is 9.10. The standard InChI is InChI=1S/C12H15BrN2/c13-10-2-1-3-11(6-10)15-5-4-12(9-15)7-14-8-12/h1-3,6,14H,4-5,7-9H2. The molecule has 0 aliphatic carbocycles. The second-order valence-corrected chi connectivity index (χ2v) is 5.67. The number of hydrogen-bond acceptors (Lipinski definition) is 2. The monoisotopic (exact) mass is 266 g/mol. The Labute approximate surface area is 98.8 Å². The molecule has 0 saturated carbocycles. The third-order valence-electron chi connectivity index (χ3n) is 3.61. The number of nitrogens with zero attached hydrogens (tertiary/aromatic N) is 1. The van der Waals surface area contributed by atoms with Crippen LogP contribution in [0.2, 0.25) is 0 Å². The van der Waals surface area contributed by atoms with Crippen molar-refractivity contribution in [2.24, 2.45) is 5.41 Å². The van der Waals surface area contributed by atoms with Gasteiger partial charge in [-0.25, -0.2) is 0 Å². The van der Waals surface area contributed by atoms with Crippen LogP contribution in [0.15, 0.2) is 28.7 Å². The molecule has 0 unspecified atom stereocenters. The van der Waals surface area contributed by atoms with E-state index in [-0.39, 0.29) is 0 Å². The van der Waals surface area contributed by atoms with Gasteiger partial charge in [0.1, 0.15) is 0 Å². The fourth-order valence-corrected chi connectivity index (χ4v) is 2.98. The highest BCUT2D eigenvalue weighted by atomic mass is 79.9. The van der Waals surface area contributed by atoms with Crippen LogP contribution >= 0.6 is 15.9 Å². The van der Waals surface area contributed by atoms with Crippen LogP contribution in [0.4, 0.5) is 5.69 Å². The maximum Gasteiger partial charge on any atom is 0.0377 e. The predicted molar refractivity (Wildman–Crippen MR) is 66.3 cm³/mol. The molecule has 3 heteroatoms. The summed E-state index contributed by atoms with van der Waals surface area (Å²) < 4.78 is 1.17. The lowest BCUT2D eigenvalue weighted by Crippen LogP contribution is -2.54. The van der Waals surface area contributed by atoms with E-state index in [0.29, 0.717) is 5.41 Å². The number of nitrogens with one attached hydrogen (secondary N) is 1. The van der Waals surface area contributed by atoms with E-state index in [1.165, 1.54) is 42.8 Å². The molecular formula is C12H15BrN2. The fourth-order valence-electron chi connectivity index (χ4n) is 2.60.